The zero-order valence-electron chi connectivity index (χ0n) is 8.17. The molecular formula is C12H12N2. The molecule has 2 aromatic rings. The predicted molar refractivity (Wildman–Crippen MR) is 58.7 cm³/mol. The van der Waals surface area contributed by atoms with E-state index in [-0.39, 0.29) is 0 Å². The summed E-state index contributed by atoms with van der Waals surface area (Å²) in [7, 11) is 0. The van der Waals surface area contributed by atoms with E-state index in [1.807, 2.05) is 6.07 Å². The Kier molecular flexibility index (Phi) is 1.51. The molecule has 1 aromatic carbocycles. The van der Waals surface area contributed by atoms with Gasteiger partial charge in [0.05, 0.1) is 5.52 Å². The predicted octanol–water partition coefficient (Wildman–Crippen LogP) is 2.51. The van der Waals surface area contributed by atoms with Crippen LogP contribution in [-0.4, -0.2) is 11.5 Å². The Hall–Kier alpha value is -1.57. The highest BCUT2D eigenvalue weighted by atomic mass is 14.9. The molecule has 2 heteroatoms. The van der Waals surface area contributed by atoms with Crippen LogP contribution < -0.4 is 5.32 Å². The van der Waals surface area contributed by atoms with Gasteiger partial charge in [0.25, 0.3) is 0 Å². The van der Waals surface area contributed by atoms with Gasteiger partial charge < -0.3 is 5.32 Å². The van der Waals surface area contributed by atoms with Gasteiger partial charge >= 0.3 is 0 Å². The van der Waals surface area contributed by atoms with Crippen molar-refractivity contribution in [2.24, 2.45) is 0 Å². The molecule has 0 saturated heterocycles. The number of benzene rings is 1. The average Bonchev–Trinajstić information content (AvgIpc) is 2.67. The molecular weight excluding hydrogens is 172 g/mol. The maximum Gasteiger partial charge on any atom is 0.0726 e. The maximum absolute atomic E-state index is 4.61. The van der Waals surface area contributed by atoms with Gasteiger partial charge in [0, 0.05) is 23.3 Å². The first-order valence-corrected chi connectivity index (χ1v) is 4.98. The van der Waals surface area contributed by atoms with Gasteiger partial charge in [-0.15, -0.1) is 0 Å². The number of hydrogen-bond donors (Lipinski definition) is 1. The Morgan fingerprint density at radius 3 is 3.07 bits per heavy atom. The van der Waals surface area contributed by atoms with E-state index in [1.54, 1.807) is 0 Å². The lowest BCUT2D eigenvalue weighted by Gasteiger charge is -2.07. The lowest BCUT2D eigenvalue weighted by Crippen LogP contribution is -1.93. The summed E-state index contributed by atoms with van der Waals surface area (Å²) in [6.07, 6.45) is 1.11. The molecule has 0 fully saturated rings. The fourth-order valence-corrected chi connectivity index (χ4v) is 2.19. The number of rotatable bonds is 0. The quantitative estimate of drug-likeness (QED) is 0.680. The van der Waals surface area contributed by atoms with Gasteiger partial charge in [-0.3, -0.25) is 4.98 Å². The van der Waals surface area contributed by atoms with Gasteiger partial charge in [-0.25, -0.2) is 0 Å². The second kappa shape index (κ2) is 2.71. The smallest absolute Gasteiger partial charge is 0.0726 e. The van der Waals surface area contributed by atoms with Crippen LogP contribution in [-0.2, 0) is 6.42 Å². The molecule has 14 heavy (non-hydrogen) atoms. The molecule has 0 atom stereocenters. The third-order valence-electron chi connectivity index (χ3n) is 2.88. The van der Waals surface area contributed by atoms with Gasteiger partial charge in [0.1, 0.15) is 0 Å². The molecule has 1 aromatic heterocycles. The second-order valence-electron chi connectivity index (χ2n) is 3.74. The minimum absolute atomic E-state index is 1.05. The fourth-order valence-electron chi connectivity index (χ4n) is 2.19. The van der Waals surface area contributed by atoms with Crippen molar-refractivity contribution in [2.75, 3.05) is 11.9 Å². The number of aryl methyl sites for hydroxylation is 1. The Morgan fingerprint density at radius 1 is 1.29 bits per heavy atom. The highest BCUT2D eigenvalue weighted by Gasteiger charge is 2.16. The Labute approximate surface area is 83.0 Å². The third kappa shape index (κ3) is 0.939. The van der Waals surface area contributed by atoms with E-state index in [1.165, 1.54) is 22.3 Å². The van der Waals surface area contributed by atoms with Crippen molar-refractivity contribution < 1.29 is 0 Å². The first-order chi connectivity index (χ1) is 6.86. The van der Waals surface area contributed by atoms with Crippen molar-refractivity contribution in [1.82, 2.24) is 4.98 Å². The van der Waals surface area contributed by atoms with Crippen LogP contribution in [0.25, 0.3) is 10.9 Å². The van der Waals surface area contributed by atoms with E-state index in [2.05, 4.69) is 35.4 Å². The number of fused-ring (bicyclic) bond motifs is 3. The van der Waals surface area contributed by atoms with E-state index in [9.17, 15) is 0 Å². The lowest BCUT2D eigenvalue weighted by molar-refractivity contribution is 1.07. The zero-order chi connectivity index (χ0) is 9.54. The zero-order valence-corrected chi connectivity index (χ0v) is 8.17. The van der Waals surface area contributed by atoms with Gasteiger partial charge in [-0.2, -0.15) is 0 Å². The van der Waals surface area contributed by atoms with Crippen LogP contribution in [0.4, 0.5) is 5.69 Å². The number of nitrogens with one attached hydrogen (secondary N) is 1. The van der Waals surface area contributed by atoms with Crippen molar-refractivity contribution in [1.29, 1.82) is 0 Å². The molecule has 1 aliphatic heterocycles. The van der Waals surface area contributed by atoms with E-state index in [4.69, 9.17) is 0 Å². The summed E-state index contributed by atoms with van der Waals surface area (Å²) in [5, 5.41) is 4.70. The van der Waals surface area contributed by atoms with E-state index in [0.717, 1.165) is 18.5 Å². The topological polar surface area (TPSA) is 24.9 Å². The van der Waals surface area contributed by atoms with Crippen molar-refractivity contribution in [3.05, 3.63) is 35.5 Å². The first-order valence-electron chi connectivity index (χ1n) is 4.98. The number of hydrogen-bond acceptors (Lipinski definition) is 2. The normalized spacial score (nSPS) is 14.1. The van der Waals surface area contributed by atoms with Gasteiger partial charge in [-0.05, 0) is 25.0 Å². The first kappa shape index (κ1) is 7.80. The molecule has 0 spiro atoms. The average molecular weight is 184 g/mol. The van der Waals surface area contributed by atoms with E-state index < -0.39 is 0 Å². The standard InChI is InChI=1S/C12H12N2/c1-8-9-6-7-13-12(9)10-4-2-3-5-11(10)14-8/h2-5,13H,6-7H2,1H3. The van der Waals surface area contributed by atoms with Crippen molar-refractivity contribution in [3.8, 4) is 0 Å². The summed E-state index contributed by atoms with van der Waals surface area (Å²) >= 11 is 0. The number of anilines is 1. The van der Waals surface area contributed by atoms with Gasteiger partial charge in [0.15, 0.2) is 0 Å². The maximum atomic E-state index is 4.61. The molecule has 0 saturated carbocycles. The van der Waals surface area contributed by atoms with Gasteiger partial charge in [-0.1, -0.05) is 18.2 Å². The second-order valence-corrected chi connectivity index (χ2v) is 3.74. The summed E-state index contributed by atoms with van der Waals surface area (Å²) in [4.78, 5) is 4.61. The molecule has 0 aliphatic carbocycles. The number of nitrogens with zero attached hydrogens (tertiary/aromatic N) is 1. The van der Waals surface area contributed by atoms with Crippen LogP contribution in [0.2, 0.25) is 0 Å². The molecule has 1 N–H and O–H groups in total. The summed E-state index contributed by atoms with van der Waals surface area (Å²) in [5.41, 5.74) is 4.96. The minimum Gasteiger partial charge on any atom is -0.384 e. The SMILES string of the molecule is Cc1nc2ccccc2c2c1CCN2. The van der Waals surface area contributed by atoms with Crippen LogP contribution in [0.5, 0.6) is 0 Å². The highest BCUT2D eigenvalue weighted by molar-refractivity contribution is 5.94. The minimum atomic E-state index is 1.05. The summed E-state index contributed by atoms with van der Waals surface area (Å²) in [5.74, 6) is 0. The number of pyridine rings is 1. The molecule has 0 unspecified atom stereocenters. The van der Waals surface area contributed by atoms with Crippen LogP contribution in [0.1, 0.15) is 11.3 Å². The Balaban J connectivity index is 2.46. The monoisotopic (exact) mass is 184 g/mol. The number of para-hydroxylation sites is 1. The Morgan fingerprint density at radius 2 is 2.14 bits per heavy atom. The molecule has 0 amide bonds. The van der Waals surface area contributed by atoms with Crippen LogP contribution in [0.15, 0.2) is 24.3 Å². The largest absolute Gasteiger partial charge is 0.384 e. The number of aromatic nitrogens is 1. The molecule has 0 bridgehead atoms. The summed E-state index contributed by atoms with van der Waals surface area (Å²) in [6, 6.07) is 8.32. The lowest BCUT2D eigenvalue weighted by atomic mass is 10.1. The highest BCUT2D eigenvalue weighted by Crippen LogP contribution is 2.31. The summed E-state index contributed by atoms with van der Waals surface area (Å²) in [6.45, 7) is 3.14. The van der Waals surface area contributed by atoms with Crippen molar-refractivity contribution in [3.63, 3.8) is 0 Å². The van der Waals surface area contributed by atoms with E-state index in [0.29, 0.717) is 0 Å². The van der Waals surface area contributed by atoms with Gasteiger partial charge in [0.2, 0.25) is 0 Å². The molecule has 0 radical (unpaired) electrons. The van der Waals surface area contributed by atoms with Crippen LogP contribution >= 0.6 is 0 Å². The molecule has 2 heterocycles. The molecule has 2 nitrogen and oxygen atoms in total. The van der Waals surface area contributed by atoms with Crippen molar-refractivity contribution >= 4 is 16.6 Å². The van der Waals surface area contributed by atoms with Crippen LogP contribution in [0, 0.1) is 6.92 Å². The summed E-state index contributed by atoms with van der Waals surface area (Å²) < 4.78 is 0. The fraction of sp³-hybridized carbons (Fsp3) is 0.250. The molecule has 1 aliphatic rings. The molecule has 3 rings (SSSR count). The molecule has 70 valence electrons. The van der Waals surface area contributed by atoms with Crippen molar-refractivity contribution in [2.45, 2.75) is 13.3 Å². The van der Waals surface area contributed by atoms with E-state index >= 15 is 0 Å². The third-order valence-corrected chi connectivity index (χ3v) is 2.88. The van der Waals surface area contributed by atoms with Crippen LogP contribution in [0.3, 0.4) is 0 Å². The Bertz CT molecular complexity index is 503.